The molecule has 10 heteroatoms. The number of nitrogens with zero attached hydrogens (tertiary/aromatic N) is 1. The largest absolute Gasteiger partial charge is 0.491 e. The van der Waals surface area contributed by atoms with Crippen molar-refractivity contribution in [3.05, 3.63) is 34.4 Å². The lowest BCUT2D eigenvalue weighted by Crippen LogP contribution is -2.34. The number of hydrogen-bond acceptors (Lipinski definition) is 5. The Morgan fingerprint density at radius 1 is 1.46 bits per heavy atom. The van der Waals surface area contributed by atoms with Crippen molar-refractivity contribution in [2.24, 2.45) is 0 Å². The van der Waals surface area contributed by atoms with Gasteiger partial charge < -0.3 is 20.1 Å². The normalized spacial score (nSPS) is 10.8. The zero-order valence-corrected chi connectivity index (χ0v) is 14.0. The zero-order chi connectivity index (χ0) is 18.0. The topological polar surface area (TPSA) is 107 Å². The highest BCUT2D eigenvalue weighted by Crippen LogP contribution is 2.26. The van der Waals surface area contributed by atoms with Crippen molar-refractivity contribution in [1.29, 1.82) is 0 Å². The van der Waals surface area contributed by atoms with E-state index in [1.807, 2.05) is 0 Å². The van der Waals surface area contributed by atoms with E-state index in [1.165, 1.54) is 0 Å². The van der Waals surface area contributed by atoms with Crippen LogP contribution in [-0.4, -0.2) is 39.4 Å². The van der Waals surface area contributed by atoms with Crippen LogP contribution in [-0.2, 0) is 0 Å². The van der Waals surface area contributed by atoms with E-state index in [0.29, 0.717) is 5.69 Å². The van der Waals surface area contributed by atoms with Crippen LogP contribution in [0.5, 0.6) is 5.75 Å². The third kappa shape index (κ3) is 3.86. The van der Waals surface area contributed by atoms with E-state index in [9.17, 15) is 19.2 Å². The molecule has 0 aliphatic carbocycles. The minimum Gasteiger partial charge on any atom is -0.490 e. The lowest BCUT2D eigenvalue weighted by atomic mass is 9.79. The monoisotopic (exact) mass is 355 g/mol. The number of aromatic nitrogens is 2. The number of nitrogens with one attached hydrogen (secondary N) is 2. The average molecular weight is 356 g/mol. The summed E-state index contributed by atoms with van der Waals surface area (Å²) >= 11 is 5.89. The maximum absolute atomic E-state index is 14.0. The first kappa shape index (κ1) is 18.2. The van der Waals surface area contributed by atoms with Crippen molar-refractivity contribution >= 4 is 35.8 Å². The van der Waals surface area contributed by atoms with E-state index in [2.05, 4.69) is 15.5 Å². The Bertz CT molecular complexity index is 747. The number of aromatic amines is 1. The Balaban J connectivity index is 2.43. The molecule has 1 aromatic heterocycles. The molecule has 0 spiro atoms. The molecule has 0 aliphatic heterocycles. The minimum atomic E-state index is -2.03. The Morgan fingerprint density at radius 2 is 2.12 bits per heavy atom. The first-order valence-corrected chi connectivity index (χ1v) is 7.46. The number of aryl methyl sites for hydroxylation is 1. The number of benzene rings is 1. The Hall–Kier alpha value is -2.10. The summed E-state index contributed by atoms with van der Waals surface area (Å²) in [5.41, 5.74) is 0.230. The molecule has 0 bridgehead atoms. The standard InChI is InChI=1S/C14H16BClFN3O4/c1-6(2)24-11-5-9(15(22)23)10(17)4-8(11)14(21)18-12-7(3)19-20-13(12)16/h4-6,22-23H,1-3H3,(H,18,21)(H,19,20). The molecule has 4 N–H and O–H groups in total. The van der Waals surface area contributed by atoms with Crippen LogP contribution in [0.1, 0.15) is 29.9 Å². The maximum atomic E-state index is 14.0. The molecule has 0 atom stereocenters. The molecule has 2 rings (SSSR count). The second-order valence-electron chi connectivity index (χ2n) is 5.36. The third-order valence-electron chi connectivity index (χ3n) is 3.13. The van der Waals surface area contributed by atoms with Gasteiger partial charge in [0, 0.05) is 5.46 Å². The quantitative estimate of drug-likeness (QED) is 0.604. The summed E-state index contributed by atoms with van der Waals surface area (Å²) < 4.78 is 19.5. The summed E-state index contributed by atoms with van der Waals surface area (Å²) in [6.45, 7) is 5.07. The van der Waals surface area contributed by atoms with Crippen LogP contribution in [0, 0.1) is 12.7 Å². The van der Waals surface area contributed by atoms with E-state index < -0.39 is 18.8 Å². The second-order valence-corrected chi connectivity index (χ2v) is 5.74. The number of amides is 1. The van der Waals surface area contributed by atoms with E-state index in [1.54, 1.807) is 20.8 Å². The number of ether oxygens (including phenoxy) is 1. The van der Waals surface area contributed by atoms with Crippen molar-refractivity contribution in [3.63, 3.8) is 0 Å². The van der Waals surface area contributed by atoms with Gasteiger partial charge in [-0.15, -0.1) is 0 Å². The summed E-state index contributed by atoms with van der Waals surface area (Å²) in [6, 6.07) is 1.96. The molecule has 1 amide bonds. The average Bonchev–Trinajstić information content (AvgIpc) is 2.79. The lowest BCUT2D eigenvalue weighted by molar-refractivity contribution is 0.102. The van der Waals surface area contributed by atoms with E-state index in [4.69, 9.17) is 16.3 Å². The molecule has 24 heavy (non-hydrogen) atoms. The van der Waals surface area contributed by atoms with Gasteiger partial charge in [-0.25, -0.2) is 4.39 Å². The van der Waals surface area contributed by atoms with E-state index in [-0.39, 0.29) is 33.7 Å². The van der Waals surface area contributed by atoms with Crippen LogP contribution in [0.2, 0.25) is 5.15 Å². The molecule has 0 aliphatic rings. The number of carbonyl (C=O) groups excluding carboxylic acids is 1. The van der Waals surface area contributed by atoms with Crippen LogP contribution in [0.4, 0.5) is 10.1 Å². The van der Waals surface area contributed by atoms with E-state index >= 15 is 0 Å². The van der Waals surface area contributed by atoms with Gasteiger partial charge in [0.2, 0.25) is 0 Å². The molecule has 0 radical (unpaired) electrons. The van der Waals surface area contributed by atoms with Crippen LogP contribution in [0.15, 0.2) is 12.1 Å². The van der Waals surface area contributed by atoms with Gasteiger partial charge >= 0.3 is 7.12 Å². The van der Waals surface area contributed by atoms with Crippen LogP contribution >= 0.6 is 11.6 Å². The summed E-state index contributed by atoms with van der Waals surface area (Å²) in [7, 11) is -2.03. The zero-order valence-electron chi connectivity index (χ0n) is 13.2. The molecule has 0 saturated carbocycles. The highest BCUT2D eigenvalue weighted by molar-refractivity contribution is 6.58. The van der Waals surface area contributed by atoms with Crippen LogP contribution < -0.4 is 15.5 Å². The van der Waals surface area contributed by atoms with Crippen molar-refractivity contribution in [2.75, 3.05) is 5.32 Å². The fraction of sp³-hybridized carbons (Fsp3) is 0.286. The number of halogens is 2. The third-order valence-corrected chi connectivity index (χ3v) is 3.40. The Morgan fingerprint density at radius 3 is 2.62 bits per heavy atom. The second kappa shape index (κ2) is 7.21. The van der Waals surface area contributed by atoms with Gasteiger partial charge in [-0.2, -0.15) is 5.10 Å². The number of carbonyl (C=O) groups is 1. The molecule has 1 heterocycles. The minimum absolute atomic E-state index is 0.0178. The number of hydrogen-bond donors (Lipinski definition) is 4. The van der Waals surface area contributed by atoms with Gasteiger partial charge in [0.1, 0.15) is 22.4 Å². The molecule has 0 saturated heterocycles. The van der Waals surface area contributed by atoms with Crippen molar-refractivity contribution < 1.29 is 24.0 Å². The molecule has 2 aromatic rings. The number of H-pyrrole nitrogens is 1. The number of rotatable bonds is 5. The lowest BCUT2D eigenvalue weighted by Gasteiger charge is -2.16. The molecular weight excluding hydrogens is 339 g/mol. The van der Waals surface area contributed by atoms with Crippen LogP contribution in [0.25, 0.3) is 0 Å². The van der Waals surface area contributed by atoms with Crippen molar-refractivity contribution in [2.45, 2.75) is 26.9 Å². The fourth-order valence-electron chi connectivity index (χ4n) is 2.03. The smallest absolute Gasteiger partial charge is 0.490 e. The first-order chi connectivity index (χ1) is 11.2. The molecule has 128 valence electrons. The summed E-state index contributed by atoms with van der Waals surface area (Å²) in [4.78, 5) is 12.5. The Labute approximate surface area is 142 Å². The summed E-state index contributed by atoms with van der Waals surface area (Å²) in [5.74, 6) is -1.60. The van der Waals surface area contributed by atoms with Gasteiger partial charge in [0.25, 0.3) is 5.91 Å². The fourth-order valence-corrected chi connectivity index (χ4v) is 2.25. The molecule has 0 unspecified atom stereocenters. The predicted octanol–water partition coefficient (Wildman–Crippen LogP) is 1.23. The Kier molecular flexibility index (Phi) is 5.48. The SMILES string of the molecule is Cc1n[nH]c(Cl)c1NC(=O)c1cc(F)c(B(O)O)cc1OC(C)C. The maximum Gasteiger partial charge on any atom is 0.491 e. The number of anilines is 1. The molecule has 0 fully saturated rings. The van der Waals surface area contributed by atoms with Gasteiger partial charge in [0.05, 0.1) is 17.4 Å². The first-order valence-electron chi connectivity index (χ1n) is 7.08. The van der Waals surface area contributed by atoms with Gasteiger partial charge in [-0.3, -0.25) is 9.89 Å². The van der Waals surface area contributed by atoms with Gasteiger partial charge in [0.15, 0.2) is 0 Å². The highest BCUT2D eigenvalue weighted by atomic mass is 35.5. The van der Waals surface area contributed by atoms with Gasteiger partial charge in [-0.1, -0.05) is 11.6 Å². The van der Waals surface area contributed by atoms with E-state index in [0.717, 1.165) is 12.1 Å². The summed E-state index contributed by atoms with van der Waals surface area (Å²) in [6.07, 6.45) is -0.315. The van der Waals surface area contributed by atoms with Crippen molar-refractivity contribution in [3.8, 4) is 5.75 Å². The molecule has 7 nitrogen and oxygen atoms in total. The van der Waals surface area contributed by atoms with Crippen LogP contribution in [0.3, 0.4) is 0 Å². The molecule has 1 aromatic carbocycles. The summed E-state index contributed by atoms with van der Waals surface area (Å²) in [5, 5.41) is 27.4. The molecular formula is C14H16BClFN3O4. The predicted molar refractivity (Wildman–Crippen MR) is 88.3 cm³/mol. The van der Waals surface area contributed by atoms with Gasteiger partial charge in [-0.05, 0) is 32.9 Å². The van der Waals surface area contributed by atoms with Crippen molar-refractivity contribution in [1.82, 2.24) is 10.2 Å². The highest BCUT2D eigenvalue weighted by Gasteiger charge is 2.24.